The SMILES string of the molecule is CC(C)NC(=O)C(NC(=O)OCc1ccccc1)C(C)C.CO.CO.Cc1ccccc1. The first-order chi connectivity index (χ1) is 15.3. The van der Waals surface area contributed by atoms with E-state index in [2.05, 4.69) is 29.7 Å². The number of rotatable bonds is 6. The van der Waals surface area contributed by atoms with Crippen molar-refractivity contribution in [1.82, 2.24) is 10.6 Å². The third kappa shape index (κ3) is 15.9. The maximum atomic E-state index is 12.0. The highest BCUT2D eigenvalue weighted by atomic mass is 16.5. The van der Waals surface area contributed by atoms with Crippen LogP contribution in [0.1, 0.15) is 38.8 Å². The van der Waals surface area contributed by atoms with Crippen molar-refractivity contribution in [2.24, 2.45) is 5.92 Å². The zero-order chi connectivity index (χ0) is 24.9. The van der Waals surface area contributed by atoms with Crippen molar-refractivity contribution < 1.29 is 24.5 Å². The van der Waals surface area contributed by atoms with Gasteiger partial charge in [-0.25, -0.2) is 4.79 Å². The van der Waals surface area contributed by atoms with E-state index in [0.717, 1.165) is 19.8 Å². The summed E-state index contributed by atoms with van der Waals surface area (Å²) in [5, 5.41) is 19.4. The molecule has 0 aliphatic rings. The van der Waals surface area contributed by atoms with Crippen LogP contribution >= 0.6 is 0 Å². The van der Waals surface area contributed by atoms with Crippen LogP contribution in [0, 0.1) is 12.8 Å². The first-order valence-corrected chi connectivity index (χ1v) is 10.5. The lowest BCUT2D eigenvalue weighted by molar-refractivity contribution is -0.124. The lowest BCUT2D eigenvalue weighted by Gasteiger charge is -2.22. The van der Waals surface area contributed by atoms with E-state index in [-0.39, 0.29) is 24.5 Å². The first-order valence-electron chi connectivity index (χ1n) is 10.5. The summed E-state index contributed by atoms with van der Waals surface area (Å²) in [5.74, 6) is -0.218. The Labute approximate surface area is 192 Å². The van der Waals surface area contributed by atoms with E-state index >= 15 is 0 Å². The number of benzene rings is 2. The Morgan fingerprint density at radius 3 is 1.66 bits per heavy atom. The van der Waals surface area contributed by atoms with Gasteiger partial charge in [-0.2, -0.15) is 0 Å². The zero-order valence-corrected chi connectivity index (χ0v) is 20.3. The molecule has 0 bridgehead atoms. The quantitative estimate of drug-likeness (QED) is 0.539. The standard InChI is InChI=1S/C16H24N2O3.C7H8.2CH4O/c1-11(2)14(15(19)17-12(3)4)18-16(20)21-10-13-8-6-5-7-9-13;1-7-5-3-2-4-6-7;2*1-2/h5-9,11-12,14H,10H2,1-4H3,(H,17,19)(H,18,20);2-6H,1H3;2*2H,1H3. The van der Waals surface area contributed by atoms with Crippen LogP contribution in [0.2, 0.25) is 0 Å². The van der Waals surface area contributed by atoms with Crippen LogP contribution in [-0.2, 0) is 16.1 Å². The Morgan fingerprint density at radius 1 is 0.812 bits per heavy atom. The maximum absolute atomic E-state index is 12.0. The summed E-state index contributed by atoms with van der Waals surface area (Å²) in [4.78, 5) is 23.8. The van der Waals surface area contributed by atoms with E-state index in [1.54, 1.807) is 0 Å². The molecule has 1 atom stereocenters. The molecule has 32 heavy (non-hydrogen) atoms. The van der Waals surface area contributed by atoms with E-state index in [4.69, 9.17) is 14.9 Å². The molecule has 2 aromatic carbocycles. The van der Waals surface area contributed by atoms with Crippen LogP contribution in [0.15, 0.2) is 60.7 Å². The minimum atomic E-state index is -0.601. The summed E-state index contributed by atoms with van der Waals surface area (Å²) in [7, 11) is 2.00. The highest BCUT2D eigenvalue weighted by molar-refractivity contribution is 5.86. The molecule has 0 aliphatic heterocycles. The van der Waals surface area contributed by atoms with E-state index in [1.807, 2.05) is 76.2 Å². The van der Waals surface area contributed by atoms with Gasteiger partial charge in [-0.1, -0.05) is 80.1 Å². The van der Waals surface area contributed by atoms with Crippen LogP contribution in [0.4, 0.5) is 4.79 Å². The number of nitrogens with one attached hydrogen (secondary N) is 2. The molecule has 0 spiro atoms. The van der Waals surface area contributed by atoms with Gasteiger partial charge < -0.3 is 25.6 Å². The minimum Gasteiger partial charge on any atom is -0.445 e. The highest BCUT2D eigenvalue weighted by Crippen LogP contribution is 2.05. The maximum Gasteiger partial charge on any atom is 0.408 e. The second-order valence-electron chi connectivity index (χ2n) is 7.25. The number of alkyl carbamates (subject to hydrolysis) is 1. The largest absolute Gasteiger partial charge is 0.445 e. The van der Waals surface area contributed by atoms with E-state index < -0.39 is 12.1 Å². The molecule has 2 rings (SSSR count). The van der Waals surface area contributed by atoms with E-state index in [1.165, 1.54) is 5.56 Å². The summed E-state index contributed by atoms with van der Waals surface area (Å²) in [5.41, 5.74) is 2.22. The summed E-state index contributed by atoms with van der Waals surface area (Å²) >= 11 is 0. The molecule has 0 heterocycles. The van der Waals surface area contributed by atoms with Gasteiger partial charge >= 0.3 is 6.09 Å². The van der Waals surface area contributed by atoms with Crippen LogP contribution in [0.3, 0.4) is 0 Å². The fourth-order valence-electron chi connectivity index (χ4n) is 2.34. The van der Waals surface area contributed by atoms with Gasteiger partial charge in [0.05, 0.1) is 0 Å². The predicted molar refractivity (Wildman–Crippen MR) is 129 cm³/mol. The number of carbonyl (C=O) groups is 2. The Hall–Kier alpha value is -2.90. The van der Waals surface area contributed by atoms with Crippen LogP contribution in [0.25, 0.3) is 0 Å². The van der Waals surface area contributed by atoms with Crippen LogP contribution in [-0.4, -0.2) is 48.5 Å². The predicted octanol–water partition coefficient (Wildman–Crippen LogP) is 3.67. The van der Waals surface area contributed by atoms with Crippen molar-refractivity contribution in [2.75, 3.05) is 14.2 Å². The topological polar surface area (TPSA) is 108 Å². The Balaban J connectivity index is 0. The third-order valence-corrected chi connectivity index (χ3v) is 3.81. The van der Waals surface area contributed by atoms with Crippen molar-refractivity contribution in [3.63, 3.8) is 0 Å². The molecule has 0 aliphatic carbocycles. The van der Waals surface area contributed by atoms with Gasteiger partial charge in [-0.05, 0) is 32.3 Å². The van der Waals surface area contributed by atoms with Gasteiger partial charge in [0.2, 0.25) is 5.91 Å². The fourth-order valence-corrected chi connectivity index (χ4v) is 2.34. The highest BCUT2D eigenvalue weighted by Gasteiger charge is 2.25. The summed E-state index contributed by atoms with van der Waals surface area (Å²) in [6.45, 7) is 9.78. The van der Waals surface area contributed by atoms with Crippen LogP contribution < -0.4 is 10.6 Å². The number of hydrogen-bond acceptors (Lipinski definition) is 5. The Morgan fingerprint density at radius 2 is 1.28 bits per heavy atom. The summed E-state index contributed by atoms with van der Waals surface area (Å²) < 4.78 is 5.13. The Kier molecular flexibility index (Phi) is 19.6. The molecule has 0 saturated heterocycles. The van der Waals surface area contributed by atoms with E-state index in [9.17, 15) is 9.59 Å². The number of ether oxygens (including phenoxy) is 1. The number of carbonyl (C=O) groups excluding carboxylic acids is 2. The lowest BCUT2D eigenvalue weighted by atomic mass is 10.0. The molecule has 0 radical (unpaired) electrons. The van der Waals surface area contributed by atoms with Gasteiger partial charge in [0.1, 0.15) is 12.6 Å². The second-order valence-corrected chi connectivity index (χ2v) is 7.25. The molecule has 7 heteroatoms. The number of aryl methyl sites for hydroxylation is 1. The molecular formula is C25H40N2O5. The van der Waals surface area contributed by atoms with Gasteiger partial charge in [-0.15, -0.1) is 0 Å². The van der Waals surface area contributed by atoms with Gasteiger partial charge in [0, 0.05) is 20.3 Å². The smallest absolute Gasteiger partial charge is 0.408 e. The van der Waals surface area contributed by atoms with Crippen molar-refractivity contribution >= 4 is 12.0 Å². The number of aliphatic hydroxyl groups excluding tert-OH is 2. The van der Waals surface area contributed by atoms with Crippen molar-refractivity contribution in [3.8, 4) is 0 Å². The average Bonchev–Trinajstić information content (AvgIpc) is 2.79. The molecule has 0 aromatic heterocycles. The molecule has 4 N–H and O–H groups in total. The van der Waals surface area contributed by atoms with Gasteiger partial charge in [0.15, 0.2) is 0 Å². The lowest BCUT2D eigenvalue weighted by Crippen LogP contribution is -2.51. The summed E-state index contributed by atoms with van der Waals surface area (Å²) in [6, 6.07) is 19.1. The van der Waals surface area contributed by atoms with Crippen LogP contribution in [0.5, 0.6) is 0 Å². The molecule has 0 saturated carbocycles. The normalized spacial score (nSPS) is 10.2. The molecule has 2 amide bonds. The fraction of sp³-hybridized carbons (Fsp3) is 0.440. The first kappa shape index (κ1) is 31.3. The van der Waals surface area contributed by atoms with E-state index in [0.29, 0.717) is 0 Å². The minimum absolute atomic E-state index is 0.0203. The molecule has 0 fully saturated rings. The van der Waals surface area contributed by atoms with Gasteiger partial charge in [0.25, 0.3) is 0 Å². The second kappa shape index (κ2) is 20.0. The Bertz CT molecular complexity index is 707. The molecule has 1 unspecified atom stereocenters. The summed E-state index contributed by atoms with van der Waals surface area (Å²) in [6.07, 6.45) is -0.587. The van der Waals surface area contributed by atoms with Crippen molar-refractivity contribution in [3.05, 3.63) is 71.8 Å². The number of amides is 2. The third-order valence-electron chi connectivity index (χ3n) is 3.81. The monoisotopic (exact) mass is 448 g/mol. The zero-order valence-electron chi connectivity index (χ0n) is 20.3. The molecule has 180 valence electrons. The number of hydrogen-bond donors (Lipinski definition) is 4. The molecular weight excluding hydrogens is 408 g/mol. The molecule has 7 nitrogen and oxygen atoms in total. The van der Waals surface area contributed by atoms with Crippen molar-refractivity contribution in [1.29, 1.82) is 0 Å². The molecule has 2 aromatic rings. The van der Waals surface area contributed by atoms with Gasteiger partial charge in [-0.3, -0.25) is 4.79 Å². The van der Waals surface area contributed by atoms with Crippen molar-refractivity contribution in [2.45, 2.75) is 53.3 Å². The average molecular weight is 449 g/mol. The number of aliphatic hydroxyl groups is 2.